The van der Waals surface area contributed by atoms with Gasteiger partial charge in [0.15, 0.2) is 5.65 Å². The van der Waals surface area contributed by atoms with E-state index in [1.165, 1.54) is 25.7 Å². The molecule has 2 aromatic heterocycles. The van der Waals surface area contributed by atoms with Gasteiger partial charge >= 0.3 is 5.69 Å². The van der Waals surface area contributed by atoms with Crippen molar-refractivity contribution in [1.82, 2.24) is 18.5 Å². The van der Waals surface area contributed by atoms with Crippen LogP contribution in [-0.2, 0) is 16.6 Å². The third kappa shape index (κ3) is 3.81. The molecule has 1 saturated heterocycles. The van der Waals surface area contributed by atoms with Gasteiger partial charge in [0, 0.05) is 19.3 Å². The molecule has 150 valence electrons. The number of hydrogen-bond acceptors (Lipinski definition) is 5. The summed E-state index contributed by atoms with van der Waals surface area (Å²) >= 11 is 0. The molecule has 9 heteroatoms. The maximum Gasteiger partial charge on any atom is 0.350 e. The lowest BCUT2D eigenvalue weighted by Gasteiger charge is -2.19. The van der Waals surface area contributed by atoms with Gasteiger partial charge in [-0.1, -0.05) is 25.0 Å². The SMILES string of the molecule is N#Cc1cccc(Cn2nc3ccc(S(=O)(=O)N4CCCCCC4)cn3c2=O)c1. The number of nitrogens with zero attached hydrogens (tertiary/aromatic N) is 5. The molecule has 0 saturated carbocycles. The Morgan fingerprint density at radius 2 is 1.83 bits per heavy atom. The Hall–Kier alpha value is -2.96. The van der Waals surface area contributed by atoms with E-state index in [1.54, 1.807) is 24.3 Å². The highest BCUT2D eigenvalue weighted by atomic mass is 32.2. The number of sulfonamides is 1. The highest BCUT2D eigenvalue weighted by Gasteiger charge is 2.26. The molecule has 0 aliphatic carbocycles. The van der Waals surface area contributed by atoms with Gasteiger partial charge in [0.2, 0.25) is 10.0 Å². The van der Waals surface area contributed by atoms with Gasteiger partial charge in [0.05, 0.1) is 23.1 Å². The summed E-state index contributed by atoms with van der Waals surface area (Å²) in [6.45, 7) is 1.21. The third-order valence-corrected chi connectivity index (χ3v) is 7.02. The Kier molecular flexibility index (Phi) is 5.22. The Labute approximate surface area is 168 Å². The molecule has 0 bridgehead atoms. The van der Waals surface area contributed by atoms with E-state index in [9.17, 15) is 13.2 Å². The van der Waals surface area contributed by atoms with Crippen molar-refractivity contribution in [3.63, 3.8) is 0 Å². The van der Waals surface area contributed by atoms with Gasteiger partial charge in [0.25, 0.3) is 0 Å². The molecule has 3 aromatic rings. The van der Waals surface area contributed by atoms with Crippen LogP contribution in [0.4, 0.5) is 0 Å². The summed E-state index contributed by atoms with van der Waals surface area (Å²) in [6, 6.07) is 12.1. The molecule has 0 unspecified atom stereocenters. The molecule has 0 spiro atoms. The number of benzene rings is 1. The molecule has 1 aliphatic rings. The second-order valence-electron chi connectivity index (χ2n) is 7.16. The van der Waals surface area contributed by atoms with Crippen LogP contribution < -0.4 is 5.69 Å². The van der Waals surface area contributed by atoms with Crippen LogP contribution in [0.1, 0.15) is 36.8 Å². The number of fused-ring (bicyclic) bond motifs is 1. The van der Waals surface area contributed by atoms with E-state index in [0.29, 0.717) is 24.3 Å². The normalized spacial score (nSPS) is 15.8. The predicted molar refractivity (Wildman–Crippen MR) is 107 cm³/mol. The molecule has 8 nitrogen and oxygen atoms in total. The average molecular weight is 411 g/mol. The van der Waals surface area contributed by atoms with Crippen LogP contribution in [0.2, 0.25) is 0 Å². The Bertz CT molecular complexity index is 1250. The number of rotatable bonds is 4. The standard InChI is InChI=1S/C20H21N5O3S/c21-13-16-6-5-7-17(12-16)14-25-20(26)24-15-18(8-9-19(24)22-25)29(27,28)23-10-3-1-2-4-11-23/h5-9,12,15H,1-4,10-11,14H2. The zero-order valence-corrected chi connectivity index (χ0v) is 16.7. The Morgan fingerprint density at radius 3 is 2.55 bits per heavy atom. The van der Waals surface area contributed by atoms with Gasteiger partial charge in [-0.25, -0.2) is 22.3 Å². The minimum atomic E-state index is -3.65. The largest absolute Gasteiger partial charge is 0.350 e. The molecule has 0 amide bonds. The number of pyridine rings is 1. The minimum Gasteiger partial charge on any atom is -0.249 e. The summed E-state index contributed by atoms with van der Waals surface area (Å²) in [5.41, 5.74) is 1.23. The second-order valence-corrected chi connectivity index (χ2v) is 9.10. The summed E-state index contributed by atoms with van der Waals surface area (Å²) in [6.07, 6.45) is 5.11. The van der Waals surface area contributed by atoms with Gasteiger partial charge in [0.1, 0.15) is 0 Å². The van der Waals surface area contributed by atoms with Gasteiger partial charge < -0.3 is 0 Å². The van der Waals surface area contributed by atoms with Crippen LogP contribution in [0.25, 0.3) is 5.65 Å². The van der Waals surface area contributed by atoms with Crippen molar-refractivity contribution in [2.75, 3.05) is 13.1 Å². The first kappa shape index (κ1) is 19.4. The molecule has 1 aliphatic heterocycles. The van der Waals surface area contributed by atoms with E-state index in [2.05, 4.69) is 11.2 Å². The lowest BCUT2D eigenvalue weighted by molar-refractivity contribution is 0.423. The topological polar surface area (TPSA) is 100 Å². The highest BCUT2D eigenvalue weighted by Crippen LogP contribution is 2.20. The first-order valence-corrected chi connectivity index (χ1v) is 11.0. The fourth-order valence-electron chi connectivity index (χ4n) is 3.60. The van der Waals surface area contributed by atoms with E-state index < -0.39 is 15.7 Å². The fraction of sp³-hybridized carbons (Fsp3) is 0.350. The van der Waals surface area contributed by atoms with Crippen LogP contribution in [0.15, 0.2) is 52.3 Å². The summed E-state index contributed by atoms with van der Waals surface area (Å²) in [4.78, 5) is 12.9. The summed E-state index contributed by atoms with van der Waals surface area (Å²) in [5, 5.41) is 13.3. The monoisotopic (exact) mass is 411 g/mol. The van der Waals surface area contributed by atoms with Crippen molar-refractivity contribution in [2.24, 2.45) is 0 Å². The van der Waals surface area contributed by atoms with Crippen molar-refractivity contribution in [3.8, 4) is 6.07 Å². The molecule has 0 atom stereocenters. The molecule has 3 heterocycles. The van der Waals surface area contributed by atoms with Crippen molar-refractivity contribution in [3.05, 3.63) is 64.2 Å². The first-order valence-electron chi connectivity index (χ1n) is 9.57. The summed E-state index contributed by atoms with van der Waals surface area (Å²) in [7, 11) is -3.65. The van der Waals surface area contributed by atoms with Crippen LogP contribution in [0.5, 0.6) is 0 Å². The van der Waals surface area contributed by atoms with Gasteiger partial charge in [-0.3, -0.25) is 0 Å². The van der Waals surface area contributed by atoms with E-state index in [-0.39, 0.29) is 11.4 Å². The van der Waals surface area contributed by atoms with Crippen molar-refractivity contribution in [2.45, 2.75) is 37.1 Å². The maximum atomic E-state index is 13.0. The summed E-state index contributed by atoms with van der Waals surface area (Å²) in [5.74, 6) is 0. The Balaban J connectivity index is 1.69. The number of hydrogen-bond donors (Lipinski definition) is 0. The van der Waals surface area contributed by atoms with E-state index in [4.69, 9.17) is 5.26 Å². The van der Waals surface area contributed by atoms with Crippen molar-refractivity contribution < 1.29 is 8.42 Å². The lowest BCUT2D eigenvalue weighted by atomic mass is 10.1. The fourth-order valence-corrected chi connectivity index (χ4v) is 5.11. The summed E-state index contributed by atoms with van der Waals surface area (Å²) < 4.78 is 30.1. The zero-order chi connectivity index (χ0) is 20.4. The maximum absolute atomic E-state index is 13.0. The molecule has 4 rings (SSSR count). The quantitative estimate of drug-likeness (QED) is 0.653. The van der Waals surface area contributed by atoms with Gasteiger partial charge in [-0.05, 0) is 42.7 Å². The smallest absolute Gasteiger partial charge is 0.249 e. The predicted octanol–water partition coefficient (Wildman–Crippen LogP) is 1.98. The molecule has 1 aromatic carbocycles. The molecular formula is C20H21N5O3S. The third-order valence-electron chi connectivity index (χ3n) is 5.14. The molecular weight excluding hydrogens is 390 g/mol. The number of aromatic nitrogens is 3. The van der Waals surface area contributed by atoms with E-state index >= 15 is 0 Å². The molecule has 29 heavy (non-hydrogen) atoms. The van der Waals surface area contributed by atoms with E-state index in [1.807, 2.05) is 6.07 Å². The van der Waals surface area contributed by atoms with Gasteiger partial charge in [-0.15, -0.1) is 5.10 Å². The lowest BCUT2D eigenvalue weighted by Crippen LogP contribution is -2.32. The molecule has 0 N–H and O–H groups in total. The van der Waals surface area contributed by atoms with Crippen molar-refractivity contribution in [1.29, 1.82) is 5.26 Å². The van der Waals surface area contributed by atoms with Gasteiger partial charge in [-0.2, -0.15) is 9.57 Å². The van der Waals surface area contributed by atoms with Crippen LogP contribution >= 0.6 is 0 Å². The van der Waals surface area contributed by atoms with E-state index in [0.717, 1.165) is 31.2 Å². The first-order chi connectivity index (χ1) is 14.0. The van der Waals surface area contributed by atoms with Crippen LogP contribution in [0, 0.1) is 11.3 Å². The second kappa shape index (κ2) is 7.81. The van der Waals surface area contributed by atoms with Crippen LogP contribution in [-0.4, -0.2) is 40.0 Å². The minimum absolute atomic E-state index is 0.0972. The highest BCUT2D eigenvalue weighted by molar-refractivity contribution is 7.89. The van der Waals surface area contributed by atoms with Crippen molar-refractivity contribution >= 4 is 15.7 Å². The van der Waals surface area contributed by atoms with Crippen LogP contribution in [0.3, 0.4) is 0 Å². The average Bonchev–Trinajstić information content (AvgIpc) is 2.91. The molecule has 0 radical (unpaired) electrons. The number of nitriles is 1. The molecule has 1 fully saturated rings. The Morgan fingerprint density at radius 1 is 1.07 bits per heavy atom. The zero-order valence-electron chi connectivity index (χ0n) is 15.9.